The SMILES string of the molecule is CCCCCCCCCCCCOc1ccc(C(=O)Oc2ccc(C#Cc3sc(-c4ccc(OC(=O)c5ccc(OCCCCCCCCCCCC)c(OCCCCCCCCCCCC)c5)cc4)c(C#N)c3C#N)cc2)cc1OCCCCCCCCCCCC. The molecule has 0 saturated heterocycles. The molecule has 0 bridgehead atoms. The topological polar surface area (TPSA) is 137 Å². The fourth-order valence-corrected chi connectivity index (χ4v) is 12.6. The van der Waals surface area contributed by atoms with Crippen molar-refractivity contribution in [1.29, 1.82) is 10.5 Å². The molecule has 0 amide bonds. The second-order valence-electron chi connectivity index (χ2n) is 25.3. The highest BCUT2D eigenvalue weighted by Crippen LogP contribution is 2.38. The van der Waals surface area contributed by atoms with E-state index < -0.39 is 11.9 Å². The molecule has 506 valence electrons. The second kappa shape index (κ2) is 49.8. The predicted octanol–water partition coefficient (Wildman–Crippen LogP) is 24.2. The van der Waals surface area contributed by atoms with Gasteiger partial charge in [0.25, 0.3) is 0 Å². The van der Waals surface area contributed by atoms with Gasteiger partial charge in [0.05, 0.1) is 58.4 Å². The van der Waals surface area contributed by atoms with Gasteiger partial charge in [-0.2, -0.15) is 10.5 Å². The molecular formula is C82H114N2O8S. The minimum absolute atomic E-state index is 0.190. The summed E-state index contributed by atoms with van der Waals surface area (Å²) in [4.78, 5) is 28.3. The lowest BCUT2D eigenvalue weighted by molar-refractivity contribution is 0.0724. The second-order valence-corrected chi connectivity index (χ2v) is 26.3. The normalized spacial score (nSPS) is 10.9. The fraction of sp³-hybridized carbons (Fsp3) is 0.585. The van der Waals surface area contributed by atoms with Crippen molar-refractivity contribution >= 4 is 23.3 Å². The summed E-state index contributed by atoms with van der Waals surface area (Å²) in [5.74, 6) is 8.25. The smallest absolute Gasteiger partial charge is 0.343 e. The van der Waals surface area contributed by atoms with Crippen molar-refractivity contribution in [3.05, 3.63) is 118 Å². The van der Waals surface area contributed by atoms with Crippen LogP contribution in [-0.4, -0.2) is 38.4 Å². The van der Waals surface area contributed by atoms with Crippen LogP contribution in [0.25, 0.3) is 10.4 Å². The van der Waals surface area contributed by atoms with Crippen LogP contribution in [0.2, 0.25) is 0 Å². The van der Waals surface area contributed by atoms with Crippen molar-refractivity contribution in [2.75, 3.05) is 26.4 Å². The molecule has 0 aliphatic heterocycles. The van der Waals surface area contributed by atoms with Crippen LogP contribution >= 0.6 is 11.3 Å². The summed E-state index contributed by atoms with van der Waals surface area (Å²) >= 11 is 1.25. The van der Waals surface area contributed by atoms with Crippen LogP contribution in [0.15, 0.2) is 84.9 Å². The van der Waals surface area contributed by atoms with E-state index in [0.29, 0.717) is 92.9 Å². The summed E-state index contributed by atoms with van der Waals surface area (Å²) in [7, 11) is 0. The first kappa shape index (κ1) is 77.0. The summed E-state index contributed by atoms with van der Waals surface area (Å²) in [5, 5.41) is 20.6. The van der Waals surface area contributed by atoms with Crippen molar-refractivity contribution in [3.8, 4) is 68.9 Å². The lowest BCUT2D eigenvalue weighted by atomic mass is 10.1. The summed E-state index contributed by atoms with van der Waals surface area (Å²) in [6.45, 7) is 11.3. The number of nitriles is 2. The molecule has 11 heteroatoms. The van der Waals surface area contributed by atoms with Crippen LogP contribution in [0.4, 0.5) is 0 Å². The van der Waals surface area contributed by atoms with Crippen LogP contribution < -0.4 is 28.4 Å². The van der Waals surface area contributed by atoms with Gasteiger partial charge >= 0.3 is 11.9 Å². The molecule has 10 nitrogen and oxygen atoms in total. The van der Waals surface area contributed by atoms with Crippen molar-refractivity contribution in [1.82, 2.24) is 0 Å². The quantitative estimate of drug-likeness (QED) is 0.0160. The molecule has 0 aliphatic rings. The van der Waals surface area contributed by atoms with Gasteiger partial charge in [-0.15, -0.1) is 11.3 Å². The molecule has 0 atom stereocenters. The Kier molecular flexibility index (Phi) is 41.2. The summed E-state index contributed by atoms with van der Waals surface area (Å²) in [6, 6.07) is 28.7. The number of thiophene rings is 1. The Morgan fingerprint density at radius 1 is 0.344 bits per heavy atom. The van der Waals surface area contributed by atoms with E-state index in [1.54, 1.807) is 72.8 Å². The van der Waals surface area contributed by atoms with Gasteiger partial charge in [0.2, 0.25) is 0 Å². The number of esters is 2. The highest BCUT2D eigenvalue weighted by molar-refractivity contribution is 7.16. The molecule has 1 aromatic heterocycles. The Bertz CT molecular complexity index is 2980. The van der Waals surface area contributed by atoms with Crippen molar-refractivity contribution in [2.24, 2.45) is 0 Å². The minimum atomic E-state index is -0.531. The van der Waals surface area contributed by atoms with E-state index in [9.17, 15) is 20.1 Å². The lowest BCUT2D eigenvalue weighted by Crippen LogP contribution is -2.10. The number of rotatable bonds is 53. The highest BCUT2D eigenvalue weighted by atomic mass is 32.1. The van der Waals surface area contributed by atoms with E-state index in [1.165, 1.54) is 217 Å². The number of benzene rings is 4. The first-order valence-electron chi connectivity index (χ1n) is 36.7. The van der Waals surface area contributed by atoms with Gasteiger partial charge in [-0.05, 0) is 122 Å². The average molecular weight is 1290 g/mol. The van der Waals surface area contributed by atoms with E-state index in [-0.39, 0.29) is 11.1 Å². The summed E-state index contributed by atoms with van der Waals surface area (Å²) in [6.07, 6.45) is 49.7. The van der Waals surface area contributed by atoms with Gasteiger partial charge in [-0.3, -0.25) is 0 Å². The molecule has 5 rings (SSSR count). The number of unbranched alkanes of at least 4 members (excludes halogenated alkanes) is 36. The molecule has 0 aliphatic carbocycles. The van der Waals surface area contributed by atoms with Gasteiger partial charge in [0.1, 0.15) is 23.6 Å². The Morgan fingerprint density at radius 3 is 0.968 bits per heavy atom. The minimum Gasteiger partial charge on any atom is -0.490 e. The van der Waals surface area contributed by atoms with Crippen molar-refractivity contribution in [2.45, 2.75) is 285 Å². The van der Waals surface area contributed by atoms with Gasteiger partial charge in [-0.25, -0.2) is 9.59 Å². The zero-order valence-electron chi connectivity index (χ0n) is 57.8. The number of carbonyl (C=O) groups excluding carboxylic acids is 2. The van der Waals surface area contributed by atoms with Crippen LogP contribution in [0, 0.1) is 34.5 Å². The van der Waals surface area contributed by atoms with Crippen LogP contribution in [0.1, 0.15) is 327 Å². The molecule has 0 fully saturated rings. The van der Waals surface area contributed by atoms with E-state index in [2.05, 4.69) is 51.7 Å². The van der Waals surface area contributed by atoms with Gasteiger partial charge in [-0.1, -0.05) is 265 Å². The van der Waals surface area contributed by atoms with E-state index in [0.717, 1.165) is 51.4 Å². The lowest BCUT2D eigenvalue weighted by Gasteiger charge is -2.14. The number of nitrogens with zero attached hydrogens (tertiary/aromatic N) is 2. The molecule has 0 radical (unpaired) electrons. The van der Waals surface area contributed by atoms with E-state index in [4.69, 9.17) is 28.4 Å². The molecule has 1 heterocycles. The zero-order chi connectivity index (χ0) is 66.0. The molecule has 0 spiro atoms. The van der Waals surface area contributed by atoms with Crippen LogP contribution in [0.5, 0.6) is 34.5 Å². The number of carbonyl (C=O) groups is 2. The zero-order valence-corrected chi connectivity index (χ0v) is 58.6. The van der Waals surface area contributed by atoms with Gasteiger partial charge < -0.3 is 28.4 Å². The first-order valence-corrected chi connectivity index (χ1v) is 37.6. The molecular weight excluding hydrogens is 1170 g/mol. The Balaban J connectivity index is 1.17. The maximum Gasteiger partial charge on any atom is 0.343 e. The maximum absolute atomic E-state index is 13.7. The number of ether oxygens (including phenoxy) is 6. The van der Waals surface area contributed by atoms with E-state index in [1.807, 2.05) is 12.1 Å². The average Bonchev–Trinajstić information content (AvgIpc) is 1.69. The predicted molar refractivity (Wildman–Crippen MR) is 384 cm³/mol. The van der Waals surface area contributed by atoms with Crippen molar-refractivity contribution in [3.63, 3.8) is 0 Å². The Hall–Kier alpha value is -6.74. The fourth-order valence-electron chi connectivity index (χ4n) is 11.5. The monoisotopic (exact) mass is 1290 g/mol. The molecule has 5 aromatic rings. The molecule has 0 unspecified atom stereocenters. The maximum atomic E-state index is 13.7. The Morgan fingerprint density at radius 2 is 0.645 bits per heavy atom. The standard InChI is InChI=1S/C82H114N2O8S/c1-5-9-13-17-21-25-29-33-37-41-59-87-75-56-50-69(63-77(75)89-61-43-39-35-31-27-23-19-15-11-7-3)81(85)91-71-52-45-67(46-53-71)47-58-79-73(65-83)74(66-84)80(93-79)68-48-54-72(55-49-68)92-82(86)70-51-57-76(88-60-42-38-34-30-26-22-18-14-10-6-2)78(64-70)90-62-44-40-36-32-28-24-20-16-12-8-4/h45-46,48-57,63-64H,5-44,59-62H2,1-4H3. The van der Waals surface area contributed by atoms with Gasteiger partial charge in [0.15, 0.2) is 23.0 Å². The highest BCUT2D eigenvalue weighted by Gasteiger charge is 2.21. The largest absolute Gasteiger partial charge is 0.490 e. The van der Waals surface area contributed by atoms with E-state index >= 15 is 0 Å². The van der Waals surface area contributed by atoms with Gasteiger partial charge in [0, 0.05) is 5.56 Å². The number of hydrogen-bond acceptors (Lipinski definition) is 11. The summed E-state index contributed by atoms with van der Waals surface area (Å²) < 4.78 is 36.9. The molecule has 0 N–H and O–H groups in total. The molecule has 4 aromatic carbocycles. The number of hydrogen-bond donors (Lipinski definition) is 0. The first-order chi connectivity index (χ1) is 45.8. The third-order valence-corrected chi connectivity index (χ3v) is 18.4. The molecule has 0 saturated carbocycles. The third kappa shape index (κ3) is 31.8. The van der Waals surface area contributed by atoms with Crippen LogP contribution in [0.3, 0.4) is 0 Å². The third-order valence-electron chi connectivity index (χ3n) is 17.2. The van der Waals surface area contributed by atoms with Crippen molar-refractivity contribution < 1.29 is 38.0 Å². The summed E-state index contributed by atoms with van der Waals surface area (Å²) in [5.41, 5.74) is 2.43. The Labute approximate surface area is 566 Å². The van der Waals surface area contributed by atoms with Crippen LogP contribution in [-0.2, 0) is 0 Å². The molecule has 93 heavy (non-hydrogen) atoms.